The van der Waals surface area contributed by atoms with Crippen molar-refractivity contribution in [3.8, 4) is 0 Å². The molecule has 136 valence electrons. The molecule has 1 amide bonds. The summed E-state index contributed by atoms with van der Waals surface area (Å²) in [5.74, 6) is 0.211. The van der Waals surface area contributed by atoms with Gasteiger partial charge < -0.3 is 4.90 Å². The normalized spacial score (nSPS) is 15.8. The molecule has 0 radical (unpaired) electrons. The van der Waals surface area contributed by atoms with Crippen LogP contribution in [0.2, 0.25) is 0 Å². The largest absolute Gasteiger partial charge is 0.340 e. The van der Waals surface area contributed by atoms with Gasteiger partial charge in [-0.25, -0.2) is 0 Å². The van der Waals surface area contributed by atoms with Gasteiger partial charge >= 0.3 is 0 Å². The maximum atomic E-state index is 12.5. The molecular formula is C17H25BrN6O. The summed E-state index contributed by atoms with van der Waals surface area (Å²) in [5.41, 5.74) is 3.41. The number of aryl methyl sites for hydroxylation is 3. The summed E-state index contributed by atoms with van der Waals surface area (Å²) >= 11 is 3.45. The molecule has 0 N–H and O–H groups in total. The van der Waals surface area contributed by atoms with Crippen molar-refractivity contribution in [3.63, 3.8) is 0 Å². The van der Waals surface area contributed by atoms with Crippen LogP contribution in [0.4, 0.5) is 0 Å². The van der Waals surface area contributed by atoms with E-state index in [9.17, 15) is 4.79 Å². The lowest BCUT2D eigenvalue weighted by atomic mass is 10.2. The summed E-state index contributed by atoms with van der Waals surface area (Å²) in [7, 11) is 1.95. The fourth-order valence-corrected chi connectivity index (χ4v) is 3.51. The summed E-state index contributed by atoms with van der Waals surface area (Å²) in [6.45, 7) is 8.98. The van der Waals surface area contributed by atoms with E-state index in [1.54, 1.807) is 6.20 Å². The zero-order valence-electron chi connectivity index (χ0n) is 15.1. The Kier molecular flexibility index (Phi) is 5.58. The molecule has 0 saturated carbocycles. The molecule has 8 heteroatoms. The van der Waals surface area contributed by atoms with Crippen molar-refractivity contribution in [3.05, 3.63) is 33.8 Å². The SMILES string of the molecule is Cc1nn(C)cc1CN1CCN(C(=O)CCn2ncc(Br)c2C)CC1. The van der Waals surface area contributed by atoms with Gasteiger partial charge in [0.15, 0.2) is 0 Å². The Hall–Kier alpha value is -1.67. The van der Waals surface area contributed by atoms with E-state index in [4.69, 9.17) is 0 Å². The Bertz CT molecular complexity index is 744. The van der Waals surface area contributed by atoms with Gasteiger partial charge in [-0.05, 0) is 29.8 Å². The predicted molar refractivity (Wildman–Crippen MR) is 99.1 cm³/mol. The molecule has 3 rings (SSSR count). The van der Waals surface area contributed by atoms with Gasteiger partial charge in [0.05, 0.1) is 16.4 Å². The highest BCUT2D eigenvalue weighted by atomic mass is 79.9. The average molecular weight is 409 g/mol. The van der Waals surface area contributed by atoms with Crippen LogP contribution in [-0.4, -0.2) is 61.4 Å². The lowest BCUT2D eigenvalue weighted by Gasteiger charge is -2.34. The molecule has 1 aliphatic heterocycles. The highest BCUT2D eigenvalue weighted by Crippen LogP contribution is 2.15. The third kappa shape index (κ3) is 4.30. The Morgan fingerprint density at radius 3 is 2.52 bits per heavy atom. The van der Waals surface area contributed by atoms with Crippen molar-refractivity contribution in [2.75, 3.05) is 26.2 Å². The predicted octanol–water partition coefficient (Wildman–Crippen LogP) is 1.73. The lowest BCUT2D eigenvalue weighted by Crippen LogP contribution is -2.48. The molecule has 0 spiro atoms. The average Bonchev–Trinajstić information content (AvgIpc) is 3.08. The highest BCUT2D eigenvalue weighted by molar-refractivity contribution is 9.10. The van der Waals surface area contributed by atoms with Gasteiger partial charge in [0.1, 0.15) is 0 Å². The quantitative estimate of drug-likeness (QED) is 0.755. The Labute approximate surface area is 156 Å². The molecule has 0 atom stereocenters. The molecule has 0 aromatic carbocycles. The van der Waals surface area contributed by atoms with Gasteiger partial charge in [-0.15, -0.1) is 0 Å². The molecule has 2 aromatic heterocycles. The monoisotopic (exact) mass is 408 g/mol. The molecule has 0 unspecified atom stereocenters. The first-order chi connectivity index (χ1) is 11.9. The standard InChI is InChI=1S/C17H25BrN6O/c1-13-15(11-21(3)20-13)12-22-6-8-23(9-7-22)17(25)4-5-24-14(2)16(18)10-19-24/h10-11H,4-9,12H2,1-3H3. The van der Waals surface area contributed by atoms with Crippen LogP contribution in [0.1, 0.15) is 23.4 Å². The van der Waals surface area contributed by atoms with E-state index in [0.717, 1.165) is 48.6 Å². The van der Waals surface area contributed by atoms with Crippen molar-refractivity contribution in [1.82, 2.24) is 29.4 Å². The number of piperazine rings is 1. The van der Waals surface area contributed by atoms with Crippen molar-refractivity contribution in [2.24, 2.45) is 7.05 Å². The van der Waals surface area contributed by atoms with Gasteiger partial charge in [0.2, 0.25) is 5.91 Å². The van der Waals surface area contributed by atoms with Crippen LogP contribution in [0.25, 0.3) is 0 Å². The van der Waals surface area contributed by atoms with E-state index in [2.05, 4.69) is 37.2 Å². The van der Waals surface area contributed by atoms with E-state index in [1.807, 2.05) is 35.2 Å². The third-order valence-electron chi connectivity index (χ3n) is 4.81. The number of hydrogen-bond acceptors (Lipinski definition) is 4. The van der Waals surface area contributed by atoms with Crippen molar-refractivity contribution in [1.29, 1.82) is 0 Å². The number of carbonyl (C=O) groups is 1. The first-order valence-electron chi connectivity index (χ1n) is 8.61. The molecule has 0 aliphatic carbocycles. The minimum absolute atomic E-state index is 0.211. The molecule has 7 nitrogen and oxygen atoms in total. The number of carbonyl (C=O) groups excluding carboxylic acids is 1. The lowest BCUT2D eigenvalue weighted by molar-refractivity contribution is -0.133. The number of amides is 1. The van der Waals surface area contributed by atoms with Gasteiger partial charge in [0.25, 0.3) is 0 Å². The van der Waals surface area contributed by atoms with Gasteiger partial charge in [0, 0.05) is 70.2 Å². The maximum absolute atomic E-state index is 12.5. The summed E-state index contributed by atoms with van der Waals surface area (Å²) in [4.78, 5) is 16.8. The summed E-state index contributed by atoms with van der Waals surface area (Å²) < 4.78 is 4.72. The fourth-order valence-electron chi connectivity index (χ4n) is 3.21. The molecular weight excluding hydrogens is 384 g/mol. The number of halogens is 1. The van der Waals surface area contributed by atoms with Crippen molar-refractivity contribution < 1.29 is 4.79 Å². The van der Waals surface area contributed by atoms with Crippen LogP contribution in [-0.2, 0) is 24.9 Å². The van der Waals surface area contributed by atoms with E-state index in [-0.39, 0.29) is 5.91 Å². The van der Waals surface area contributed by atoms with Crippen LogP contribution in [0.3, 0.4) is 0 Å². The number of hydrogen-bond donors (Lipinski definition) is 0. The second kappa shape index (κ2) is 7.70. The maximum Gasteiger partial charge on any atom is 0.224 e. The van der Waals surface area contributed by atoms with Crippen LogP contribution in [0.15, 0.2) is 16.9 Å². The zero-order chi connectivity index (χ0) is 18.0. The Morgan fingerprint density at radius 2 is 1.96 bits per heavy atom. The topological polar surface area (TPSA) is 59.2 Å². The molecule has 25 heavy (non-hydrogen) atoms. The van der Waals surface area contributed by atoms with E-state index in [1.165, 1.54) is 5.56 Å². The summed E-state index contributed by atoms with van der Waals surface area (Å²) in [6, 6.07) is 0. The van der Waals surface area contributed by atoms with E-state index < -0.39 is 0 Å². The van der Waals surface area contributed by atoms with Crippen LogP contribution >= 0.6 is 15.9 Å². The molecule has 3 heterocycles. The first-order valence-corrected chi connectivity index (χ1v) is 9.40. The smallest absolute Gasteiger partial charge is 0.224 e. The second-order valence-electron chi connectivity index (χ2n) is 6.62. The highest BCUT2D eigenvalue weighted by Gasteiger charge is 2.22. The second-order valence-corrected chi connectivity index (χ2v) is 7.48. The molecule has 0 bridgehead atoms. The molecule has 1 saturated heterocycles. The zero-order valence-corrected chi connectivity index (χ0v) is 16.7. The number of nitrogens with zero attached hydrogens (tertiary/aromatic N) is 6. The first kappa shape index (κ1) is 18.1. The van der Waals surface area contributed by atoms with Crippen LogP contribution in [0.5, 0.6) is 0 Å². The fraction of sp³-hybridized carbons (Fsp3) is 0.588. The number of rotatable bonds is 5. The van der Waals surface area contributed by atoms with E-state index >= 15 is 0 Å². The van der Waals surface area contributed by atoms with Gasteiger partial charge in [-0.3, -0.25) is 19.1 Å². The molecule has 1 fully saturated rings. The van der Waals surface area contributed by atoms with Crippen LogP contribution < -0.4 is 0 Å². The minimum atomic E-state index is 0.211. The summed E-state index contributed by atoms with van der Waals surface area (Å²) in [6.07, 6.45) is 4.35. The molecule has 1 aliphatic rings. The van der Waals surface area contributed by atoms with Crippen molar-refractivity contribution >= 4 is 21.8 Å². The molecule has 2 aromatic rings. The number of aromatic nitrogens is 4. The Morgan fingerprint density at radius 1 is 1.24 bits per heavy atom. The Balaban J connectivity index is 1.46. The van der Waals surface area contributed by atoms with Crippen LogP contribution in [0, 0.1) is 13.8 Å². The van der Waals surface area contributed by atoms with Gasteiger partial charge in [-0.1, -0.05) is 0 Å². The summed E-state index contributed by atoms with van der Waals surface area (Å²) in [5, 5.41) is 8.68. The van der Waals surface area contributed by atoms with E-state index in [0.29, 0.717) is 13.0 Å². The van der Waals surface area contributed by atoms with Crippen molar-refractivity contribution in [2.45, 2.75) is 33.4 Å². The minimum Gasteiger partial charge on any atom is -0.340 e. The third-order valence-corrected chi connectivity index (χ3v) is 5.59. The van der Waals surface area contributed by atoms with Gasteiger partial charge in [-0.2, -0.15) is 10.2 Å².